The summed E-state index contributed by atoms with van der Waals surface area (Å²) in [5.41, 5.74) is 3.46. The molecule has 2 atom stereocenters. The highest BCUT2D eigenvalue weighted by molar-refractivity contribution is 5.49. The fraction of sp³-hybridized carbons (Fsp3) is 0.520. The smallest absolute Gasteiger partial charge is 0.161 e. The maximum Gasteiger partial charge on any atom is 0.161 e. The summed E-state index contributed by atoms with van der Waals surface area (Å²) >= 11 is 0. The van der Waals surface area contributed by atoms with Crippen LogP contribution in [0.1, 0.15) is 42.1 Å². The van der Waals surface area contributed by atoms with Crippen LogP contribution in [0.25, 0.3) is 0 Å². The van der Waals surface area contributed by atoms with Crippen LogP contribution < -0.4 is 14.2 Å². The summed E-state index contributed by atoms with van der Waals surface area (Å²) in [4.78, 5) is 2.37. The van der Waals surface area contributed by atoms with E-state index in [1.54, 1.807) is 21.3 Å². The number of aliphatic hydroxyl groups excluding tert-OH is 1. The van der Waals surface area contributed by atoms with Crippen molar-refractivity contribution in [1.29, 1.82) is 0 Å². The van der Waals surface area contributed by atoms with Gasteiger partial charge in [0.05, 0.1) is 27.4 Å². The molecule has 5 nitrogen and oxygen atoms in total. The molecule has 0 saturated carbocycles. The first-order chi connectivity index (χ1) is 14.5. The molecule has 5 heteroatoms. The van der Waals surface area contributed by atoms with Crippen molar-refractivity contribution in [3.8, 4) is 17.2 Å². The van der Waals surface area contributed by atoms with Crippen LogP contribution in [0.3, 0.4) is 0 Å². The number of rotatable bonds is 10. The van der Waals surface area contributed by atoms with E-state index >= 15 is 0 Å². The van der Waals surface area contributed by atoms with E-state index in [0.29, 0.717) is 11.7 Å². The minimum absolute atomic E-state index is 0.294. The van der Waals surface area contributed by atoms with Gasteiger partial charge in [0.1, 0.15) is 5.75 Å². The quantitative estimate of drug-likeness (QED) is 0.631. The van der Waals surface area contributed by atoms with Crippen LogP contribution in [0.2, 0.25) is 0 Å². The van der Waals surface area contributed by atoms with E-state index in [1.165, 1.54) is 11.1 Å². The number of nitrogens with zero attached hydrogens (tertiary/aromatic N) is 1. The highest BCUT2D eigenvalue weighted by atomic mass is 16.5. The molecule has 0 bridgehead atoms. The lowest BCUT2D eigenvalue weighted by atomic mass is 9.79. The predicted molar refractivity (Wildman–Crippen MR) is 120 cm³/mol. The van der Waals surface area contributed by atoms with E-state index in [-0.39, 0.29) is 0 Å². The third kappa shape index (κ3) is 5.46. The van der Waals surface area contributed by atoms with E-state index in [2.05, 4.69) is 24.1 Å². The number of aliphatic hydroxyl groups is 1. The fourth-order valence-corrected chi connectivity index (χ4v) is 4.37. The standard InChI is InChI=1S/C25H35NO4/c1-26(14-12-18-7-5-9-21(15-18)28-2)13-6-8-19-10-11-20-16-23(29-3)24(30-4)17-22(20)25(19)27/h5,7,9,15-17,19,25,27H,6,8,10-14H2,1-4H3. The molecule has 0 heterocycles. The van der Waals surface area contributed by atoms with Gasteiger partial charge in [-0.05, 0) is 92.6 Å². The molecule has 1 aliphatic rings. The lowest BCUT2D eigenvalue weighted by Crippen LogP contribution is -2.25. The second-order valence-electron chi connectivity index (χ2n) is 8.20. The van der Waals surface area contributed by atoms with Gasteiger partial charge in [-0.25, -0.2) is 0 Å². The summed E-state index contributed by atoms with van der Waals surface area (Å²) in [6.07, 6.45) is 4.67. The zero-order valence-corrected chi connectivity index (χ0v) is 18.7. The molecule has 2 aromatic rings. The third-order valence-electron chi connectivity index (χ3n) is 6.23. The minimum Gasteiger partial charge on any atom is -0.497 e. The molecule has 0 amide bonds. The summed E-state index contributed by atoms with van der Waals surface area (Å²) in [5.74, 6) is 2.63. The molecule has 1 N–H and O–H groups in total. The molecular formula is C25H35NO4. The lowest BCUT2D eigenvalue weighted by Gasteiger charge is -2.31. The molecule has 0 saturated heterocycles. The van der Waals surface area contributed by atoms with Gasteiger partial charge in [0.2, 0.25) is 0 Å². The molecule has 3 rings (SSSR count). The first-order valence-corrected chi connectivity index (χ1v) is 10.8. The highest BCUT2D eigenvalue weighted by Gasteiger charge is 2.29. The Bertz CT molecular complexity index is 823. The van der Waals surface area contributed by atoms with E-state index in [4.69, 9.17) is 14.2 Å². The van der Waals surface area contributed by atoms with Crippen LogP contribution in [-0.4, -0.2) is 51.5 Å². The van der Waals surface area contributed by atoms with Gasteiger partial charge < -0.3 is 24.2 Å². The van der Waals surface area contributed by atoms with Crippen molar-refractivity contribution in [2.75, 3.05) is 41.5 Å². The number of hydrogen-bond acceptors (Lipinski definition) is 5. The highest BCUT2D eigenvalue weighted by Crippen LogP contribution is 2.41. The average molecular weight is 414 g/mol. The Balaban J connectivity index is 1.48. The Morgan fingerprint density at radius 3 is 2.50 bits per heavy atom. The number of aryl methyl sites for hydroxylation is 1. The van der Waals surface area contributed by atoms with Crippen LogP contribution >= 0.6 is 0 Å². The third-order valence-corrected chi connectivity index (χ3v) is 6.23. The predicted octanol–water partition coefficient (Wildman–Crippen LogP) is 4.26. The van der Waals surface area contributed by atoms with Crippen molar-refractivity contribution >= 4 is 0 Å². The van der Waals surface area contributed by atoms with Gasteiger partial charge in [0.15, 0.2) is 11.5 Å². The van der Waals surface area contributed by atoms with Crippen molar-refractivity contribution in [2.24, 2.45) is 5.92 Å². The summed E-state index contributed by atoms with van der Waals surface area (Å²) in [7, 11) is 7.16. The number of benzene rings is 2. The molecule has 0 spiro atoms. The van der Waals surface area contributed by atoms with E-state index in [0.717, 1.165) is 62.3 Å². The minimum atomic E-state index is -0.435. The Hall–Kier alpha value is -2.24. The molecule has 0 radical (unpaired) electrons. The molecule has 0 aliphatic heterocycles. The number of hydrogen-bond donors (Lipinski definition) is 1. The van der Waals surface area contributed by atoms with Gasteiger partial charge in [-0.1, -0.05) is 12.1 Å². The summed E-state index contributed by atoms with van der Waals surface area (Å²) in [5, 5.41) is 10.9. The Labute approximate surface area is 180 Å². The second kappa shape index (κ2) is 10.7. The maximum atomic E-state index is 10.9. The van der Waals surface area contributed by atoms with Gasteiger partial charge in [-0.3, -0.25) is 0 Å². The van der Waals surface area contributed by atoms with Gasteiger partial charge in [-0.15, -0.1) is 0 Å². The number of fused-ring (bicyclic) bond motifs is 1. The van der Waals surface area contributed by atoms with Crippen molar-refractivity contribution in [3.63, 3.8) is 0 Å². The van der Waals surface area contributed by atoms with Gasteiger partial charge in [-0.2, -0.15) is 0 Å². The second-order valence-corrected chi connectivity index (χ2v) is 8.20. The lowest BCUT2D eigenvalue weighted by molar-refractivity contribution is 0.0851. The Kier molecular flexibility index (Phi) is 8.00. The zero-order chi connectivity index (χ0) is 21.5. The molecule has 2 unspecified atom stereocenters. The van der Waals surface area contributed by atoms with Crippen LogP contribution in [-0.2, 0) is 12.8 Å². The molecule has 2 aromatic carbocycles. The van der Waals surface area contributed by atoms with Crippen molar-refractivity contribution < 1.29 is 19.3 Å². The fourth-order valence-electron chi connectivity index (χ4n) is 4.37. The van der Waals surface area contributed by atoms with Gasteiger partial charge >= 0.3 is 0 Å². The van der Waals surface area contributed by atoms with Gasteiger partial charge in [0.25, 0.3) is 0 Å². The van der Waals surface area contributed by atoms with Crippen molar-refractivity contribution in [3.05, 3.63) is 53.1 Å². The average Bonchev–Trinajstić information content (AvgIpc) is 2.78. The normalized spacial score (nSPS) is 18.2. The summed E-state index contributed by atoms with van der Waals surface area (Å²) < 4.78 is 16.1. The first kappa shape index (κ1) is 22.4. The van der Waals surface area contributed by atoms with Crippen LogP contribution in [0.4, 0.5) is 0 Å². The van der Waals surface area contributed by atoms with E-state index in [1.807, 2.05) is 24.3 Å². The SMILES string of the molecule is COc1cccc(CCN(C)CCCC2CCc3cc(OC)c(OC)cc3C2O)c1. The summed E-state index contributed by atoms with van der Waals surface area (Å²) in [6.45, 7) is 2.05. The number of methoxy groups -OCH3 is 3. The number of likely N-dealkylation sites (N-methyl/N-ethyl adjacent to an activating group) is 1. The Morgan fingerprint density at radius 1 is 1.00 bits per heavy atom. The molecule has 0 aromatic heterocycles. The monoisotopic (exact) mass is 413 g/mol. The summed E-state index contributed by atoms with van der Waals surface area (Å²) in [6, 6.07) is 12.2. The van der Waals surface area contributed by atoms with Crippen molar-refractivity contribution in [1.82, 2.24) is 4.90 Å². The van der Waals surface area contributed by atoms with E-state index in [9.17, 15) is 5.11 Å². The van der Waals surface area contributed by atoms with Crippen LogP contribution in [0.15, 0.2) is 36.4 Å². The molecule has 0 fully saturated rings. The molecular weight excluding hydrogens is 378 g/mol. The topological polar surface area (TPSA) is 51.2 Å². The van der Waals surface area contributed by atoms with Crippen LogP contribution in [0, 0.1) is 5.92 Å². The maximum absolute atomic E-state index is 10.9. The Morgan fingerprint density at radius 2 is 1.77 bits per heavy atom. The largest absolute Gasteiger partial charge is 0.497 e. The number of ether oxygens (including phenoxy) is 3. The van der Waals surface area contributed by atoms with Crippen LogP contribution in [0.5, 0.6) is 17.2 Å². The van der Waals surface area contributed by atoms with Gasteiger partial charge in [0, 0.05) is 6.54 Å². The van der Waals surface area contributed by atoms with Crippen molar-refractivity contribution in [2.45, 2.75) is 38.2 Å². The first-order valence-electron chi connectivity index (χ1n) is 10.8. The van der Waals surface area contributed by atoms with E-state index < -0.39 is 6.10 Å². The molecule has 164 valence electrons. The molecule has 30 heavy (non-hydrogen) atoms. The zero-order valence-electron chi connectivity index (χ0n) is 18.7. The molecule has 1 aliphatic carbocycles.